The molecule has 1 aromatic carbocycles. The van der Waals surface area contributed by atoms with E-state index in [0.29, 0.717) is 12.1 Å². The van der Waals surface area contributed by atoms with Crippen molar-refractivity contribution in [3.63, 3.8) is 0 Å². The topological polar surface area (TPSA) is 34.0 Å². The molecule has 0 radical (unpaired) electrons. The molecule has 0 bridgehead atoms. The normalized spacial score (nSPS) is 10.5. The fourth-order valence-corrected chi connectivity index (χ4v) is 2.02. The molecule has 0 spiro atoms. The molecule has 0 unspecified atom stereocenters. The molecule has 0 saturated carbocycles. The number of anilines is 1. The average Bonchev–Trinajstić information content (AvgIpc) is 2.60. The summed E-state index contributed by atoms with van der Waals surface area (Å²) in [6.07, 6.45) is 0.324. The molecule has 3 nitrogen and oxygen atoms in total. The molecular weight excluding hydrogens is 243 g/mol. The highest BCUT2D eigenvalue weighted by atomic mass is 19.1. The summed E-state index contributed by atoms with van der Waals surface area (Å²) in [5.41, 5.74) is 3.84. The molecule has 0 fully saturated rings. The van der Waals surface area contributed by atoms with Crippen LogP contribution in [0.25, 0.3) is 0 Å². The molecule has 100 valence electrons. The lowest BCUT2D eigenvalue weighted by Gasteiger charge is -2.05. The zero-order valence-electron chi connectivity index (χ0n) is 11.3. The molecule has 1 amide bonds. The minimum atomic E-state index is -0.312. The first-order valence-corrected chi connectivity index (χ1v) is 6.14. The van der Waals surface area contributed by atoms with Gasteiger partial charge in [-0.05, 0) is 49.7 Å². The van der Waals surface area contributed by atoms with Crippen LogP contribution in [0.4, 0.5) is 10.1 Å². The first kappa shape index (κ1) is 13.3. The standard InChI is InChI=1S/C15H17FN2O/c1-10-8-12(11(2)18(10)3)9-15(19)17-14-6-4-13(16)5-7-14/h4-8H,9H2,1-3H3,(H,17,19). The van der Waals surface area contributed by atoms with Crippen molar-refractivity contribution < 1.29 is 9.18 Å². The van der Waals surface area contributed by atoms with Gasteiger partial charge in [-0.25, -0.2) is 4.39 Å². The second-order valence-electron chi connectivity index (χ2n) is 4.69. The number of hydrogen-bond acceptors (Lipinski definition) is 1. The maximum absolute atomic E-state index is 12.8. The van der Waals surface area contributed by atoms with E-state index >= 15 is 0 Å². The van der Waals surface area contributed by atoms with Crippen LogP contribution in [0.2, 0.25) is 0 Å². The third-order valence-corrected chi connectivity index (χ3v) is 3.36. The SMILES string of the molecule is Cc1cc(CC(=O)Nc2ccc(F)cc2)c(C)n1C. The molecule has 2 rings (SSSR count). The Morgan fingerprint density at radius 1 is 1.26 bits per heavy atom. The third-order valence-electron chi connectivity index (χ3n) is 3.36. The van der Waals surface area contributed by atoms with E-state index < -0.39 is 0 Å². The number of rotatable bonds is 3. The van der Waals surface area contributed by atoms with Gasteiger partial charge in [0, 0.05) is 24.1 Å². The summed E-state index contributed by atoms with van der Waals surface area (Å²) in [5, 5.41) is 2.76. The Morgan fingerprint density at radius 3 is 2.42 bits per heavy atom. The van der Waals surface area contributed by atoms with Crippen molar-refractivity contribution in [2.75, 3.05) is 5.32 Å². The highest BCUT2D eigenvalue weighted by Gasteiger charge is 2.10. The van der Waals surface area contributed by atoms with Crippen molar-refractivity contribution in [1.82, 2.24) is 4.57 Å². The second-order valence-corrected chi connectivity index (χ2v) is 4.69. The van der Waals surface area contributed by atoms with Crippen molar-refractivity contribution in [2.24, 2.45) is 7.05 Å². The van der Waals surface area contributed by atoms with Gasteiger partial charge in [0.05, 0.1) is 6.42 Å². The fraction of sp³-hybridized carbons (Fsp3) is 0.267. The Kier molecular flexibility index (Phi) is 3.69. The summed E-state index contributed by atoms with van der Waals surface area (Å²) in [5.74, 6) is -0.409. The van der Waals surface area contributed by atoms with E-state index in [1.165, 1.54) is 12.1 Å². The van der Waals surface area contributed by atoms with Gasteiger partial charge >= 0.3 is 0 Å². The molecule has 0 aliphatic heterocycles. The number of nitrogens with zero attached hydrogens (tertiary/aromatic N) is 1. The molecule has 0 aliphatic carbocycles. The first-order valence-electron chi connectivity index (χ1n) is 6.14. The molecule has 1 N–H and O–H groups in total. The number of nitrogens with one attached hydrogen (secondary N) is 1. The molecule has 0 saturated heterocycles. The molecule has 0 atom stereocenters. The predicted molar refractivity (Wildman–Crippen MR) is 73.6 cm³/mol. The Bertz CT molecular complexity index is 599. The lowest BCUT2D eigenvalue weighted by atomic mass is 10.1. The second kappa shape index (κ2) is 5.26. The van der Waals surface area contributed by atoms with Crippen LogP contribution in [0.1, 0.15) is 17.0 Å². The molecular formula is C15H17FN2O. The Hall–Kier alpha value is -2.10. The van der Waals surface area contributed by atoms with Gasteiger partial charge in [0.2, 0.25) is 5.91 Å². The molecule has 19 heavy (non-hydrogen) atoms. The highest BCUT2D eigenvalue weighted by molar-refractivity contribution is 5.92. The molecule has 1 aromatic heterocycles. The molecule has 1 heterocycles. The zero-order valence-corrected chi connectivity index (χ0v) is 11.3. The van der Waals surface area contributed by atoms with Gasteiger partial charge in [0.25, 0.3) is 0 Å². The van der Waals surface area contributed by atoms with Crippen LogP contribution in [0.3, 0.4) is 0 Å². The number of hydrogen-bond donors (Lipinski definition) is 1. The van der Waals surface area contributed by atoms with Crippen LogP contribution in [-0.2, 0) is 18.3 Å². The van der Waals surface area contributed by atoms with Gasteiger partial charge in [0.1, 0.15) is 5.82 Å². The quantitative estimate of drug-likeness (QED) is 0.904. The van der Waals surface area contributed by atoms with Crippen LogP contribution in [0.5, 0.6) is 0 Å². The van der Waals surface area contributed by atoms with E-state index in [9.17, 15) is 9.18 Å². The van der Waals surface area contributed by atoms with Gasteiger partial charge in [0.15, 0.2) is 0 Å². The number of carbonyl (C=O) groups excluding carboxylic acids is 1. The zero-order chi connectivity index (χ0) is 14.0. The van der Waals surface area contributed by atoms with Crippen LogP contribution >= 0.6 is 0 Å². The predicted octanol–water partition coefficient (Wildman–Crippen LogP) is 2.96. The molecule has 2 aromatic rings. The smallest absolute Gasteiger partial charge is 0.228 e. The maximum atomic E-state index is 12.8. The number of aromatic nitrogens is 1. The largest absolute Gasteiger partial charge is 0.352 e. The lowest BCUT2D eigenvalue weighted by Crippen LogP contribution is -2.14. The van der Waals surface area contributed by atoms with Crippen molar-refractivity contribution in [1.29, 1.82) is 0 Å². The number of carbonyl (C=O) groups is 1. The maximum Gasteiger partial charge on any atom is 0.228 e. The van der Waals surface area contributed by atoms with Gasteiger partial charge in [-0.3, -0.25) is 4.79 Å². The Balaban J connectivity index is 2.05. The van der Waals surface area contributed by atoms with E-state index in [2.05, 4.69) is 9.88 Å². The van der Waals surface area contributed by atoms with Gasteiger partial charge in [-0.15, -0.1) is 0 Å². The third kappa shape index (κ3) is 3.02. The van der Waals surface area contributed by atoms with Gasteiger partial charge in [-0.1, -0.05) is 0 Å². The summed E-state index contributed by atoms with van der Waals surface area (Å²) in [4.78, 5) is 11.9. The van der Waals surface area contributed by atoms with Gasteiger partial charge in [-0.2, -0.15) is 0 Å². The van der Waals surface area contributed by atoms with Crippen LogP contribution < -0.4 is 5.32 Å². The number of halogens is 1. The van der Waals surface area contributed by atoms with E-state index in [-0.39, 0.29) is 11.7 Å². The highest BCUT2D eigenvalue weighted by Crippen LogP contribution is 2.15. The van der Waals surface area contributed by atoms with Gasteiger partial charge < -0.3 is 9.88 Å². The Morgan fingerprint density at radius 2 is 1.89 bits per heavy atom. The summed E-state index contributed by atoms with van der Waals surface area (Å²) >= 11 is 0. The van der Waals surface area contributed by atoms with E-state index in [0.717, 1.165) is 17.0 Å². The summed E-state index contributed by atoms with van der Waals surface area (Å²) in [7, 11) is 1.98. The van der Waals surface area contributed by atoms with Crippen molar-refractivity contribution in [3.05, 3.63) is 53.1 Å². The monoisotopic (exact) mass is 260 g/mol. The number of aryl methyl sites for hydroxylation is 1. The summed E-state index contributed by atoms with van der Waals surface area (Å²) < 4.78 is 14.8. The fourth-order valence-electron chi connectivity index (χ4n) is 2.02. The van der Waals surface area contributed by atoms with Crippen molar-refractivity contribution >= 4 is 11.6 Å². The van der Waals surface area contributed by atoms with Crippen LogP contribution in [-0.4, -0.2) is 10.5 Å². The first-order chi connectivity index (χ1) is 8.97. The van der Waals surface area contributed by atoms with Crippen molar-refractivity contribution in [2.45, 2.75) is 20.3 Å². The lowest BCUT2D eigenvalue weighted by molar-refractivity contribution is -0.115. The summed E-state index contributed by atoms with van der Waals surface area (Å²) in [6.45, 7) is 4.00. The minimum absolute atomic E-state index is 0.0969. The average molecular weight is 260 g/mol. The van der Waals surface area contributed by atoms with Crippen LogP contribution in [0, 0.1) is 19.7 Å². The van der Waals surface area contributed by atoms with Crippen LogP contribution in [0.15, 0.2) is 30.3 Å². The van der Waals surface area contributed by atoms with E-state index in [4.69, 9.17) is 0 Å². The molecule has 0 aliphatic rings. The minimum Gasteiger partial charge on any atom is -0.352 e. The summed E-state index contributed by atoms with van der Waals surface area (Å²) in [6, 6.07) is 7.77. The van der Waals surface area contributed by atoms with E-state index in [1.807, 2.05) is 27.0 Å². The molecule has 4 heteroatoms. The Labute approximate surface area is 112 Å². The van der Waals surface area contributed by atoms with E-state index in [1.54, 1.807) is 12.1 Å². The van der Waals surface area contributed by atoms with Crippen molar-refractivity contribution in [3.8, 4) is 0 Å². The number of amides is 1. The number of benzene rings is 1.